The van der Waals surface area contributed by atoms with E-state index in [1.54, 1.807) is 12.1 Å². The van der Waals surface area contributed by atoms with Gasteiger partial charge in [0.2, 0.25) is 0 Å². The highest BCUT2D eigenvalue weighted by atomic mass is 32.1. The lowest BCUT2D eigenvalue weighted by Gasteiger charge is -2.29. The quantitative estimate of drug-likeness (QED) is 0.823. The van der Waals surface area contributed by atoms with E-state index in [2.05, 4.69) is 36.1 Å². The van der Waals surface area contributed by atoms with Crippen LogP contribution in [0.5, 0.6) is 5.75 Å². The van der Waals surface area contributed by atoms with Crippen molar-refractivity contribution in [3.63, 3.8) is 0 Å². The predicted octanol–water partition coefficient (Wildman–Crippen LogP) is 4.01. The third-order valence-electron chi connectivity index (χ3n) is 2.98. The van der Waals surface area contributed by atoms with E-state index < -0.39 is 6.61 Å². The van der Waals surface area contributed by atoms with Crippen molar-refractivity contribution in [2.45, 2.75) is 40.3 Å². The summed E-state index contributed by atoms with van der Waals surface area (Å²) in [5.74, 6) is 0.118. The van der Waals surface area contributed by atoms with Crippen molar-refractivity contribution in [2.75, 3.05) is 5.32 Å². The third kappa shape index (κ3) is 5.69. The van der Waals surface area contributed by atoms with Crippen LogP contribution in [0.2, 0.25) is 0 Å². The van der Waals surface area contributed by atoms with Crippen molar-refractivity contribution >= 4 is 23.0 Å². The van der Waals surface area contributed by atoms with E-state index >= 15 is 0 Å². The Morgan fingerprint density at radius 2 is 1.75 bits per heavy atom. The van der Waals surface area contributed by atoms with Gasteiger partial charge in [-0.1, -0.05) is 20.8 Å². The van der Waals surface area contributed by atoms with E-state index in [1.165, 1.54) is 12.1 Å². The lowest BCUT2D eigenvalue weighted by atomic mass is 9.88. The molecule has 0 saturated carbocycles. The van der Waals surface area contributed by atoms with Gasteiger partial charge in [0.15, 0.2) is 5.11 Å². The molecule has 0 aliphatic rings. The molecule has 0 amide bonds. The van der Waals surface area contributed by atoms with Crippen molar-refractivity contribution in [3.8, 4) is 5.75 Å². The summed E-state index contributed by atoms with van der Waals surface area (Å²) in [4.78, 5) is 0. The molecule has 0 unspecified atom stereocenters. The van der Waals surface area contributed by atoms with Crippen LogP contribution >= 0.6 is 12.2 Å². The normalized spacial score (nSPS) is 12.9. The summed E-state index contributed by atoms with van der Waals surface area (Å²) in [6.45, 7) is 5.58. The predicted molar refractivity (Wildman–Crippen MR) is 81.3 cm³/mol. The van der Waals surface area contributed by atoms with Crippen molar-refractivity contribution < 1.29 is 13.5 Å². The molecule has 1 aromatic carbocycles. The van der Waals surface area contributed by atoms with Crippen LogP contribution in [0.1, 0.15) is 27.7 Å². The molecule has 0 aliphatic carbocycles. The van der Waals surface area contributed by atoms with Gasteiger partial charge in [-0.3, -0.25) is 0 Å². The molecule has 20 heavy (non-hydrogen) atoms. The first kappa shape index (κ1) is 16.6. The first-order valence-electron chi connectivity index (χ1n) is 6.31. The van der Waals surface area contributed by atoms with E-state index in [4.69, 9.17) is 12.2 Å². The Morgan fingerprint density at radius 3 is 2.20 bits per heavy atom. The zero-order valence-corrected chi connectivity index (χ0v) is 12.9. The number of anilines is 1. The largest absolute Gasteiger partial charge is 0.435 e. The van der Waals surface area contributed by atoms with Crippen LogP contribution in [0.15, 0.2) is 24.3 Å². The number of hydrogen-bond acceptors (Lipinski definition) is 2. The zero-order valence-electron chi connectivity index (χ0n) is 12.0. The van der Waals surface area contributed by atoms with Gasteiger partial charge >= 0.3 is 6.61 Å². The van der Waals surface area contributed by atoms with E-state index in [1.807, 2.05) is 6.92 Å². The van der Waals surface area contributed by atoms with Crippen LogP contribution in [0, 0.1) is 5.41 Å². The Morgan fingerprint density at radius 1 is 1.20 bits per heavy atom. The third-order valence-corrected chi connectivity index (χ3v) is 3.20. The first-order chi connectivity index (χ1) is 9.18. The molecule has 1 atom stereocenters. The summed E-state index contributed by atoms with van der Waals surface area (Å²) in [7, 11) is 0. The van der Waals surface area contributed by atoms with Gasteiger partial charge in [0, 0.05) is 11.7 Å². The zero-order chi connectivity index (χ0) is 15.3. The molecule has 0 heterocycles. The second-order valence-corrected chi connectivity index (χ2v) is 6.00. The van der Waals surface area contributed by atoms with E-state index in [-0.39, 0.29) is 17.2 Å². The minimum atomic E-state index is -2.82. The van der Waals surface area contributed by atoms with Crippen LogP contribution in [-0.2, 0) is 0 Å². The van der Waals surface area contributed by atoms with Gasteiger partial charge in [-0.2, -0.15) is 8.78 Å². The molecule has 0 aromatic heterocycles. The van der Waals surface area contributed by atoms with Gasteiger partial charge in [0.25, 0.3) is 0 Å². The molecular weight excluding hydrogens is 282 g/mol. The van der Waals surface area contributed by atoms with Gasteiger partial charge in [-0.05, 0) is 48.8 Å². The maximum absolute atomic E-state index is 12.0. The van der Waals surface area contributed by atoms with Crippen LogP contribution in [0.25, 0.3) is 0 Å². The molecule has 1 rings (SSSR count). The highest BCUT2D eigenvalue weighted by Crippen LogP contribution is 2.20. The fraction of sp³-hybridized carbons (Fsp3) is 0.500. The van der Waals surface area contributed by atoms with Gasteiger partial charge in [-0.25, -0.2) is 0 Å². The molecule has 0 bridgehead atoms. The fourth-order valence-electron chi connectivity index (χ4n) is 1.30. The summed E-state index contributed by atoms with van der Waals surface area (Å²) >= 11 is 5.21. The highest BCUT2D eigenvalue weighted by molar-refractivity contribution is 7.80. The van der Waals surface area contributed by atoms with Crippen LogP contribution in [-0.4, -0.2) is 17.8 Å². The second kappa shape index (κ2) is 6.83. The summed E-state index contributed by atoms with van der Waals surface area (Å²) < 4.78 is 28.3. The first-order valence-corrected chi connectivity index (χ1v) is 6.71. The second-order valence-electron chi connectivity index (χ2n) is 5.59. The summed E-state index contributed by atoms with van der Waals surface area (Å²) in [6, 6.07) is 6.39. The molecule has 3 nitrogen and oxygen atoms in total. The van der Waals surface area contributed by atoms with E-state index in [0.717, 1.165) is 0 Å². The van der Waals surface area contributed by atoms with Crippen molar-refractivity contribution in [1.29, 1.82) is 0 Å². The van der Waals surface area contributed by atoms with Gasteiger partial charge in [0.1, 0.15) is 5.75 Å². The number of benzene rings is 1. The minimum Gasteiger partial charge on any atom is -0.435 e. The molecule has 0 saturated heterocycles. The standard InChI is InChI=1S/C14H20F2N2OS/c1-9(14(2,3)4)17-13(20)18-10-5-7-11(8-6-10)19-12(15)16/h5-9,12H,1-4H3,(H2,17,18,20)/t9-/m0/s1. The van der Waals surface area contributed by atoms with Crippen LogP contribution < -0.4 is 15.4 Å². The number of hydrogen-bond donors (Lipinski definition) is 2. The molecule has 0 spiro atoms. The molecule has 0 radical (unpaired) electrons. The Kier molecular flexibility index (Phi) is 5.68. The maximum atomic E-state index is 12.0. The number of halogens is 2. The van der Waals surface area contributed by atoms with Gasteiger partial charge in [0.05, 0.1) is 0 Å². The van der Waals surface area contributed by atoms with E-state index in [0.29, 0.717) is 10.8 Å². The summed E-state index contributed by atoms with van der Waals surface area (Å²) in [5, 5.41) is 6.68. The molecule has 0 fully saturated rings. The average molecular weight is 302 g/mol. The fourth-order valence-corrected chi connectivity index (χ4v) is 1.59. The molecule has 0 aliphatic heterocycles. The Bertz CT molecular complexity index is 443. The van der Waals surface area contributed by atoms with E-state index in [9.17, 15) is 8.78 Å². The molecule has 2 N–H and O–H groups in total. The number of rotatable bonds is 4. The number of nitrogens with one attached hydrogen (secondary N) is 2. The number of ether oxygens (including phenoxy) is 1. The lowest BCUT2D eigenvalue weighted by molar-refractivity contribution is -0.0498. The Labute approximate surface area is 123 Å². The van der Waals surface area contributed by atoms with Gasteiger partial charge < -0.3 is 15.4 Å². The van der Waals surface area contributed by atoms with Crippen LogP contribution in [0.3, 0.4) is 0 Å². The van der Waals surface area contributed by atoms with Gasteiger partial charge in [-0.15, -0.1) is 0 Å². The monoisotopic (exact) mass is 302 g/mol. The number of alkyl halides is 2. The Hall–Kier alpha value is -1.43. The van der Waals surface area contributed by atoms with Crippen molar-refractivity contribution in [1.82, 2.24) is 5.32 Å². The molecular formula is C14H20F2N2OS. The Balaban J connectivity index is 2.54. The average Bonchev–Trinajstić information content (AvgIpc) is 2.29. The smallest absolute Gasteiger partial charge is 0.387 e. The molecule has 112 valence electrons. The van der Waals surface area contributed by atoms with Crippen molar-refractivity contribution in [3.05, 3.63) is 24.3 Å². The molecule has 1 aromatic rings. The molecule has 6 heteroatoms. The SMILES string of the molecule is C[C@H](NC(=S)Nc1ccc(OC(F)F)cc1)C(C)(C)C. The summed E-state index contributed by atoms with van der Waals surface area (Å²) in [6.07, 6.45) is 0. The summed E-state index contributed by atoms with van der Waals surface area (Å²) in [5.41, 5.74) is 0.797. The maximum Gasteiger partial charge on any atom is 0.387 e. The topological polar surface area (TPSA) is 33.3 Å². The minimum absolute atomic E-state index is 0.0840. The lowest BCUT2D eigenvalue weighted by Crippen LogP contribution is -2.43. The van der Waals surface area contributed by atoms with Crippen LogP contribution in [0.4, 0.5) is 14.5 Å². The highest BCUT2D eigenvalue weighted by Gasteiger charge is 2.20. The number of thiocarbonyl (C=S) groups is 1. The van der Waals surface area contributed by atoms with Crippen molar-refractivity contribution in [2.24, 2.45) is 5.41 Å².